The molecule has 0 radical (unpaired) electrons. The van der Waals surface area contributed by atoms with Crippen molar-refractivity contribution in [1.82, 2.24) is 14.8 Å². The van der Waals surface area contributed by atoms with E-state index in [-0.39, 0.29) is 5.52 Å². The largest absolute Gasteiger partial charge is 0.480 e. The molecule has 0 atom stereocenters. The monoisotopic (exact) mass is 301 g/mol. The summed E-state index contributed by atoms with van der Waals surface area (Å²) in [5, 5.41) is 13.6. The Morgan fingerprint density at radius 3 is 2.71 bits per heavy atom. The highest BCUT2D eigenvalue weighted by Crippen LogP contribution is 2.29. The van der Waals surface area contributed by atoms with Crippen LogP contribution < -0.4 is 5.56 Å². The molecule has 0 amide bonds. The van der Waals surface area contributed by atoms with Crippen molar-refractivity contribution >= 4 is 27.5 Å². The predicted molar refractivity (Wildman–Crippen MR) is 79.5 cm³/mol. The summed E-state index contributed by atoms with van der Waals surface area (Å²) >= 11 is 1.38. The predicted octanol–water partition coefficient (Wildman–Crippen LogP) is 1.91. The molecule has 2 heterocycles. The van der Waals surface area contributed by atoms with Crippen molar-refractivity contribution in [1.29, 1.82) is 0 Å². The summed E-state index contributed by atoms with van der Waals surface area (Å²) in [6.45, 7) is 1.28. The summed E-state index contributed by atoms with van der Waals surface area (Å²) < 4.78 is 1.63. The number of nitrogens with zero attached hydrogens (tertiary/aromatic N) is 3. The van der Waals surface area contributed by atoms with E-state index in [1.54, 1.807) is 6.92 Å². The van der Waals surface area contributed by atoms with Crippen LogP contribution in [0.15, 0.2) is 35.1 Å². The lowest BCUT2D eigenvalue weighted by atomic mass is 10.2. The van der Waals surface area contributed by atoms with Gasteiger partial charge in [0.05, 0.1) is 10.4 Å². The molecule has 106 valence electrons. The number of benzene rings is 1. The number of carbonyl (C=O) groups is 1. The number of aliphatic carboxylic acids is 1. The average Bonchev–Trinajstić information content (AvgIpc) is 2.91. The van der Waals surface area contributed by atoms with E-state index in [0.717, 1.165) is 15.3 Å². The summed E-state index contributed by atoms with van der Waals surface area (Å²) in [6, 6.07) is 9.53. The van der Waals surface area contributed by atoms with Crippen LogP contribution in [0, 0.1) is 6.92 Å². The molecule has 3 rings (SSSR count). The number of carboxylic acid groups (broad SMARTS) is 1. The molecule has 0 bridgehead atoms. The Bertz CT molecular complexity index is 884. The molecule has 1 aromatic carbocycles. The number of hydrogen-bond acceptors (Lipinski definition) is 5. The second kappa shape index (κ2) is 5.10. The lowest BCUT2D eigenvalue weighted by Gasteiger charge is -2.01. The van der Waals surface area contributed by atoms with Crippen LogP contribution in [0.1, 0.15) is 5.69 Å². The molecule has 0 saturated heterocycles. The lowest BCUT2D eigenvalue weighted by Crippen LogP contribution is -2.27. The van der Waals surface area contributed by atoms with Crippen LogP contribution in [0.3, 0.4) is 0 Å². The van der Waals surface area contributed by atoms with E-state index < -0.39 is 18.1 Å². The zero-order chi connectivity index (χ0) is 15.0. The Labute approximate surface area is 123 Å². The maximum absolute atomic E-state index is 12.2. The first-order valence-corrected chi connectivity index (χ1v) is 7.03. The zero-order valence-corrected chi connectivity index (χ0v) is 11.9. The first-order chi connectivity index (χ1) is 10.1. The number of hydrogen-bond donors (Lipinski definition) is 1. The van der Waals surface area contributed by atoms with E-state index in [2.05, 4.69) is 10.1 Å². The van der Waals surface area contributed by atoms with E-state index in [1.807, 2.05) is 30.3 Å². The van der Waals surface area contributed by atoms with Gasteiger partial charge < -0.3 is 5.11 Å². The number of aryl methyl sites for hydroxylation is 1. The summed E-state index contributed by atoms with van der Waals surface area (Å²) in [5.41, 5.74) is 1.32. The SMILES string of the molecule is Cc1nn(CC(=O)O)c(=O)c2nc(-c3ccccc3)sc12. The fourth-order valence-corrected chi connectivity index (χ4v) is 3.05. The topological polar surface area (TPSA) is 85.1 Å². The highest BCUT2D eigenvalue weighted by atomic mass is 32.1. The standard InChI is InChI=1S/C14H11N3O3S/c1-8-12-11(14(20)17(16-8)7-10(18)19)15-13(21-12)9-5-3-2-4-6-9/h2-6H,7H2,1H3,(H,18,19). The molecule has 0 saturated carbocycles. The third kappa shape index (κ3) is 2.43. The highest BCUT2D eigenvalue weighted by molar-refractivity contribution is 7.21. The normalized spacial score (nSPS) is 10.9. The van der Waals surface area contributed by atoms with Crippen molar-refractivity contribution in [3.8, 4) is 10.6 Å². The van der Waals surface area contributed by atoms with E-state index in [0.29, 0.717) is 10.4 Å². The van der Waals surface area contributed by atoms with Gasteiger partial charge in [0.25, 0.3) is 5.56 Å². The Hall–Kier alpha value is -2.54. The molecule has 21 heavy (non-hydrogen) atoms. The first kappa shape index (κ1) is 13.4. The van der Waals surface area contributed by atoms with E-state index in [9.17, 15) is 9.59 Å². The molecular weight excluding hydrogens is 290 g/mol. The molecule has 0 aliphatic heterocycles. The van der Waals surface area contributed by atoms with Gasteiger partial charge in [0.15, 0.2) is 5.52 Å². The molecule has 2 aromatic heterocycles. The second-order valence-corrected chi connectivity index (χ2v) is 5.50. The molecule has 6 nitrogen and oxygen atoms in total. The number of aromatic nitrogens is 3. The molecule has 7 heteroatoms. The fraction of sp³-hybridized carbons (Fsp3) is 0.143. The fourth-order valence-electron chi connectivity index (χ4n) is 2.04. The van der Waals surface area contributed by atoms with Gasteiger partial charge in [0.2, 0.25) is 0 Å². The van der Waals surface area contributed by atoms with Crippen molar-refractivity contribution in [3.05, 3.63) is 46.4 Å². The van der Waals surface area contributed by atoms with Gasteiger partial charge in [-0.2, -0.15) is 5.10 Å². The lowest BCUT2D eigenvalue weighted by molar-refractivity contribution is -0.137. The van der Waals surface area contributed by atoms with E-state index in [4.69, 9.17) is 5.11 Å². The van der Waals surface area contributed by atoms with Gasteiger partial charge in [-0.25, -0.2) is 9.67 Å². The summed E-state index contributed by atoms with van der Waals surface area (Å²) in [6.07, 6.45) is 0. The molecular formula is C14H11N3O3S. The molecule has 1 N–H and O–H groups in total. The molecule has 0 fully saturated rings. The van der Waals surface area contributed by atoms with Crippen LogP contribution in [-0.2, 0) is 11.3 Å². The maximum atomic E-state index is 12.2. The smallest absolute Gasteiger partial charge is 0.325 e. The van der Waals surface area contributed by atoms with Crippen LogP contribution in [-0.4, -0.2) is 25.8 Å². The van der Waals surface area contributed by atoms with Gasteiger partial charge in [-0.3, -0.25) is 9.59 Å². The van der Waals surface area contributed by atoms with Crippen molar-refractivity contribution in [2.75, 3.05) is 0 Å². The van der Waals surface area contributed by atoms with Crippen LogP contribution in [0.2, 0.25) is 0 Å². The van der Waals surface area contributed by atoms with Crippen LogP contribution >= 0.6 is 11.3 Å². The van der Waals surface area contributed by atoms with Gasteiger partial charge in [-0.15, -0.1) is 11.3 Å². The van der Waals surface area contributed by atoms with Gasteiger partial charge in [-0.1, -0.05) is 30.3 Å². The van der Waals surface area contributed by atoms with Gasteiger partial charge in [0, 0.05) is 5.56 Å². The van der Waals surface area contributed by atoms with Gasteiger partial charge in [-0.05, 0) is 6.92 Å². The summed E-state index contributed by atoms with van der Waals surface area (Å²) in [5.74, 6) is -1.11. The molecule has 0 spiro atoms. The van der Waals surface area contributed by atoms with Crippen LogP contribution in [0.4, 0.5) is 0 Å². The number of rotatable bonds is 3. The molecule has 0 unspecified atom stereocenters. The average molecular weight is 301 g/mol. The third-order valence-corrected chi connectivity index (χ3v) is 4.18. The van der Waals surface area contributed by atoms with Crippen molar-refractivity contribution in [3.63, 3.8) is 0 Å². The number of carboxylic acids is 1. The molecule has 0 aliphatic rings. The quantitative estimate of drug-likeness (QED) is 0.798. The minimum absolute atomic E-state index is 0.271. The Morgan fingerprint density at radius 2 is 2.05 bits per heavy atom. The van der Waals surface area contributed by atoms with E-state index >= 15 is 0 Å². The van der Waals surface area contributed by atoms with E-state index in [1.165, 1.54) is 11.3 Å². The third-order valence-electron chi connectivity index (χ3n) is 2.97. The first-order valence-electron chi connectivity index (χ1n) is 6.21. The minimum Gasteiger partial charge on any atom is -0.480 e. The van der Waals surface area contributed by atoms with Gasteiger partial charge in [0.1, 0.15) is 11.6 Å². The van der Waals surface area contributed by atoms with Crippen molar-refractivity contribution < 1.29 is 9.90 Å². The minimum atomic E-state index is -1.11. The van der Waals surface area contributed by atoms with Crippen LogP contribution in [0.5, 0.6) is 0 Å². The molecule has 0 aliphatic carbocycles. The van der Waals surface area contributed by atoms with Gasteiger partial charge >= 0.3 is 5.97 Å². The zero-order valence-electron chi connectivity index (χ0n) is 11.1. The maximum Gasteiger partial charge on any atom is 0.325 e. The van der Waals surface area contributed by atoms with Crippen molar-refractivity contribution in [2.24, 2.45) is 0 Å². The summed E-state index contributed by atoms with van der Waals surface area (Å²) in [4.78, 5) is 27.4. The Kier molecular flexibility index (Phi) is 3.26. The van der Waals surface area contributed by atoms with Crippen LogP contribution in [0.25, 0.3) is 20.8 Å². The summed E-state index contributed by atoms with van der Waals surface area (Å²) in [7, 11) is 0. The number of thiazole rings is 1. The Balaban J connectivity index is 2.22. The molecule has 3 aromatic rings. The number of fused-ring (bicyclic) bond motifs is 1. The highest BCUT2D eigenvalue weighted by Gasteiger charge is 2.15. The Morgan fingerprint density at radius 1 is 1.33 bits per heavy atom. The van der Waals surface area contributed by atoms with Crippen molar-refractivity contribution in [2.45, 2.75) is 13.5 Å². The second-order valence-electron chi connectivity index (χ2n) is 4.50.